The number of hydrogen-bond donors (Lipinski definition) is 1. The standard InChI is InChI=1S/C18H20N6O2/c1-18(16(19)25)7-9-23(12-18)17-22-21-15(14-6-2-3-8-20-14)24(17)11-13-5-4-10-26-13/h2-6,8,10H,7,9,11-12H2,1H3,(H2,19,25). The summed E-state index contributed by atoms with van der Waals surface area (Å²) in [5.41, 5.74) is 5.75. The van der Waals surface area contributed by atoms with Gasteiger partial charge in [-0.3, -0.25) is 14.3 Å². The number of rotatable bonds is 5. The van der Waals surface area contributed by atoms with E-state index >= 15 is 0 Å². The normalized spacial score (nSPS) is 19.8. The number of nitrogens with zero attached hydrogens (tertiary/aromatic N) is 5. The number of aromatic nitrogens is 4. The zero-order chi connectivity index (χ0) is 18.1. The van der Waals surface area contributed by atoms with Crippen molar-refractivity contribution in [2.45, 2.75) is 19.9 Å². The van der Waals surface area contributed by atoms with Crippen LogP contribution in [0.25, 0.3) is 11.5 Å². The molecule has 8 nitrogen and oxygen atoms in total. The van der Waals surface area contributed by atoms with Crippen LogP contribution in [0.15, 0.2) is 47.2 Å². The van der Waals surface area contributed by atoms with Crippen molar-refractivity contribution in [1.82, 2.24) is 19.7 Å². The van der Waals surface area contributed by atoms with Crippen molar-refractivity contribution in [2.24, 2.45) is 11.1 Å². The van der Waals surface area contributed by atoms with Crippen molar-refractivity contribution < 1.29 is 9.21 Å². The van der Waals surface area contributed by atoms with E-state index in [9.17, 15) is 4.79 Å². The molecule has 0 spiro atoms. The van der Waals surface area contributed by atoms with Gasteiger partial charge in [0, 0.05) is 19.3 Å². The van der Waals surface area contributed by atoms with E-state index in [0.717, 1.165) is 11.5 Å². The highest BCUT2D eigenvalue weighted by Crippen LogP contribution is 2.33. The minimum Gasteiger partial charge on any atom is -0.467 e. The smallest absolute Gasteiger partial charge is 0.228 e. The fourth-order valence-electron chi connectivity index (χ4n) is 3.25. The number of furan rings is 1. The summed E-state index contributed by atoms with van der Waals surface area (Å²) >= 11 is 0. The molecule has 1 unspecified atom stereocenters. The van der Waals surface area contributed by atoms with Gasteiger partial charge in [0.15, 0.2) is 5.82 Å². The van der Waals surface area contributed by atoms with Gasteiger partial charge in [0.25, 0.3) is 0 Å². The Bertz CT molecular complexity index is 905. The molecule has 134 valence electrons. The van der Waals surface area contributed by atoms with Crippen LogP contribution in [-0.4, -0.2) is 38.7 Å². The van der Waals surface area contributed by atoms with Crippen LogP contribution in [0, 0.1) is 5.41 Å². The number of carbonyl (C=O) groups is 1. The summed E-state index contributed by atoms with van der Waals surface area (Å²) in [7, 11) is 0. The predicted molar refractivity (Wildman–Crippen MR) is 95.2 cm³/mol. The first-order valence-electron chi connectivity index (χ1n) is 8.49. The van der Waals surface area contributed by atoms with Crippen LogP contribution in [0.1, 0.15) is 19.1 Å². The molecule has 4 rings (SSSR count). The van der Waals surface area contributed by atoms with Gasteiger partial charge in [0.1, 0.15) is 11.5 Å². The highest BCUT2D eigenvalue weighted by Gasteiger charge is 2.40. The molecule has 1 amide bonds. The Balaban J connectivity index is 1.73. The van der Waals surface area contributed by atoms with E-state index in [2.05, 4.69) is 15.2 Å². The van der Waals surface area contributed by atoms with E-state index in [1.54, 1.807) is 12.5 Å². The highest BCUT2D eigenvalue weighted by atomic mass is 16.3. The first-order valence-corrected chi connectivity index (χ1v) is 8.49. The molecule has 0 saturated carbocycles. The molecule has 1 fully saturated rings. The average molecular weight is 352 g/mol. The van der Waals surface area contributed by atoms with E-state index in [-0.39, 0.29) is 5.91 Å². The first kappa shape index (κ1) is 16.3. The molecule has 1 aliphatic rings. The largest absolute Gasteiger partial charge is 0.467 e. The van der Waals surface area contributed by atoms with E-state index < -0.39 is 5.41 Å². The Labute approximate surface area is 150 Å². The minimum atomic E-state index is -0.563. The molecular formula is C18H20N6O2. The Morgan fingerprint density at radius 3 is 2.85 bits per heavy atom. The summed E-state index contributed by atoms with van der Waals surface area (Å²) in [4.78, 5) is 18.2. The third-order valence-corrected chi connectivity index (χ3v) is 4.87. The SMILES string of the molecule is CC1(C(N)=O)CCN(c2nnc(-c3ccccn3)n2Cc2ccco2)C1. The lowest BCUT2D eigenvalue weighted by molar-refractivity contribution is -0.125. The maximum Gasteiger partial charge on any atom is 0.228 e. The third kappa shape index (κ3) is 2.83. The third-order valence-electron chi connectivity index (χ3n) is 4.87. The molecule has 8 heteroatoms. The molecule has 4 heterocycles. The molecule has 3 aromatic heterocycles. The molecule has 3 aromatic rings. The zero-order valence-electron chi connectivity index (χ0n) is 14.5. The molecule has 0 aliphatic carbocycles. The van der Waals surface area contributed by atoms with Crippen LogP contribution in [-0.2, 0) is 11.3 Å². The Morgan fingerprint density at radius 1 is 1.31 bits per heavy atom. The second kappa shape index (κ2) is 6.29. The van der Waals surface area contributed by atoms with Crippen LogP contribution in [0.4, 0.5) is 5.95 Å². The minimum absolute atomic E-state index is 0.290. The van der Waals surface area contributed by atoms with Gasteiger partial charge in [0.05, 0.1) is 18.2 Å². The lowest BCUT2D eigenvalue weighted by atomic mass is 9.89. The van der Waals surface area contributed by atoms with Gasteiger partial charge in [-0.25, -0.2) is 0 Å². The molecule has 1 atom stereocenters. The van der Waals surface area contributed by atoms with Crippen LogP contribution in [0.3, 0.4) is 0 Å². The maximum absolute atomic E-state index is 11.8. The van der Waals surface area contributed by atoms with Crippen LogP contribution >= 0.6 is 0 Å². The number of nitrogens with two attached hydrogens (primary N) is 1. The molecule has 2 N–H and O–H groups in total. The summed E-state index contributed by atoms with van der Waals surface area (Å²) < 4.78 is 7.47. The number of carbonyl (C=O) groups excluding carboxylic acids is 1. The van der Waals surface area contributed by atoms with Gasteiger partial charge >= 0.3 is 0 Å². The molecule has 1 saturated heterocycles. The molecule has 0 aromatic carbocycles. The van der Waals surface area contributed by atoms with Crippen molar-refractivity contribution in [1.29, 1.82) is 0 Å². The molecule has 1 aliphatic heterocycles. The Kier molecular flexibility index (Phi) is 3.95. The van der Waals surface area contributed by atoms with Crippen LogP contribution in [0.5, 0.6) is 0 Å². The van der Waals surface area contributed by atoms with Gasteiger partial charge in [-0.2, -0.15) is 0 Å². The van der Waals surface area contributed by atoms with Gasteiger partial charge in [-0.05, 0) is 37.6 Å². The lowest BCUT2D eigenvalue weighted by Gasteiger charge is -2.22. The summed E-state index contributed by atoms with van der Waals surface area (Å²) in [6, 6.07) is 9.41. The second-order valence-electron chi connectivity index (χ2n) is 6.80. The van der Waals surface area contributed by atoms with Crippen molar-refractivity contribution in [3.05, 3.63) is 48.6 Å². The van der Waals surface area contributed by atoms with Gasteiger partial charge in [-0.1, -0.05) is 6.07 Å². The number of amides is 1. The van der Waals surface area contributed by atoms with Gasteiger partial charge in [0.2, 0.25) is 11.9 Å². The molecule has 0 radical (unpaired) electrons. The molecule has 26 heavy (non-hydrogen) atoms. The Hall–Kier alpha value is -3.16. The summed E-state index contributed by atoms with van der Waals surface area (Å²) in [5.74, 6) is 1.85. The monoisotopic (exact) mass is 352 g/mol. The number of hydrogen-bond acceptors (Lipinski definition) is 6. The van der Waals surface area contributed by atoms with Crippen molar-refractivity contribution >= 4 is 11.9 Å². The number of anilines is 1. The van der Waals surface area contributed by atoms with Crippen LogP contribution < -0.4 is 10.6 Å². The molecule has 0 bridgehead atoms. The quantitative estimate of drug-likeness (QED) is 0.749. The number of primary amides is 1. The summed E-state index contributed by atoms with van der Waals surface area (Å²) in [6.07, 6.45) is 4.05. The van der Waals surface area contributed by atoms with Crippen molar-refractivity contribution in [2.75, 3.05) is 18.0 Å². The van der Waals surface area contributed by atoms with Crippen molar-refractivity contribution in [3.63, 3.8) is 0 Å². The van der Waals surface area contributed by atoms with Gasteiger partial charge < -0.3 is 15.1 Å². The van der Waals surface area contributed by atoms with Crippen LogP contribution in [0.2, 0.25) is 0 Å². The van der Waals surface area contributed by atoms with E-state index in [1.807, 2.05) is 46.7 Å². The van der Waals surface area contributed by atoms with E-state index in [0.29, 0.717) is 37.8 Å². The zero-order valence-corrected chi connectivity index (χ0v) is 14.5. The molecular weight excluding hydrogens is 332 g/mol. The topological polar surface area (TPSA) is 103 Å². The average Bonchev–Trinajstić information content (AvgIpc) is 3.37. The fraction of sp³-hybridized carbons (Fsp3) is 0.333. The van der Waals surface area contributed by atoms with Gasteiger partial charge in [-0.15, -0.1) is 10.2 Å². The summed E-state index contributed by atoms with van der Waals surface area (Å²) in [6.45, 7) is 3.58. The van der Waals surface area contributed by atoms with E-state index in [4.69, 9.17) is 10.2 Å². The highest BCUT2D eigenvalue weighted by molar-refractivity contribution is 5.82. The Morgan fingerprint density at radius 2 is 2.19 bits per heavy atom. The van der Waals surface area contributed by atoms with Crippen molar-refractivity contribution in [3.8, 4) is 11.5 Å². The fourth-order valence-corrected chi connectivity index (χ4v) is 3.25. The number of pyridine rings is 1. The summed E-state index contributed by atoms with van der Waals surface area (Å²) in [5, 5.41) is 8.74. The second-order valence-corrected chi connectivity index (χ2v) is 6.80. The predicted octanol–water partition coefficient (Wildman–Crippen LogP) is 1.68. The maximum atomic E-state index is 11.8. The van der Waals surface area contributed by atoms with E-state index in [1.165, 1.54) is 0 Å². The lowest BCUT2D eigenvalue weighted by Crippen LogP contribution is -2.37. The first-order chi connectivity index (χ1) is 12.6.